The Morgan fingerprint density at radius 2 is 2.04 bits per heavy atom. The zero-order valence-corrected chi connectivity index (χ0v) is 11.8. The summed E-state index contributed by atoms with van der Waals surface area (Å²) in [6.07, 6.45) is -2.31. The van der Waals surface area contributed by atoms with Gasteiger partial charge in [-0.1, -0.05) is 0 Å². The fourth-order valence-corrected chi connectivity index (χ4v) is 1.65. The highest BCUT2D eigenvalue weighted by Crippen LogP contribution is 2.29. The van der Waals surface area contributed by atoms with Crippen molar-refractivity contribution in [3.05, 3.63) is 48.0 Å². The third-order valence-electron chi connectivity index (χ3n) is 2.82. The number of carbonyl (C=O) groups is 2. The van der Waals surface area contributed by atoms with E-state index in [0.717, 1.165) is 12.3 Å². The number of furan rings is 1. The number of amides is 2. The minimum atomic E-state index is -4.54. The highest BCUT2D eigenvalue weighted by molar-refractivity contribution is 5.99. The van der Waals surface area contributed by atoms with Crippen molar-refractivity contribution in [1.82, 2.24) is 10.3 Å². The zero-order chi connectivity index (χ0) is 17.0. The number of hydrogen-bond acceptors (Lipinski definition) is 4. The topological polar surface area (TPSA) is 84.2 Å². The van der Waals surface area contributed by atoms with E-state index >= 15 is 0 Å². The molecule has 2 aromatic heterocycles. The van der Waals surface area contributed by atoms with Gasteiger partial charge in [0.1, 0.15) is 11.9 Å². The number of pyridine rings is 1. The van der Waals surface area contributed by atoms with Gasteiger partial charge in [-0.25, -0.2) is 4.98 Å². The third kappa shape index (κ3) is 4.31. The lowest BCUT2D eigenvalue weighted by Crippen LogP contribution is -2.41. The second kappa shape index (κ2) is 6.51. The first-order valence-electron chi connectivity index (χ1n) is 6.46. The van der Waals surface area contributed by atoms with Crippen molar-refractivity contribution in [3.63, 3.8) is 0 Å². The molecule has 0 bridgehead atoms. The quantitative estimate of drug-likeness (QED) is 0.903. The summed E-state index contributed by atoms with van der Waals surface area (Å²) in [6, 6.07) is 3.42. The summed E-state index contributed by atoms with van der Waals surface area (Å²) in [5.41, 5.74) is -0.935. The molecule has 23 heavy (non-hydrogen) atoms. The van der Waals surface area contributed by atoms with Crippen molar-refractivity contribution in [1.29, 1.82) is 0 Å². The first-order valence-corrected chi connectivity index (χ1v) is 6.46. The molecule has 9 heteroatoms. The van der Waals surface area contributed by atoms with Crippen molar-refractivity contribution in [3.8, 4) is 0 Å². The van der Waals surface area contributed by atoms with Gasteiger partial charge in [0.25, 0.3) is 5.91 Å². The van der Waals surface area contributed by atoms with Crippen LogP contribution in [0.25, 0.3) is 0 Å². The molecule has 2 heterocycles. The Morgan fingerprint density at radius 1 is 1.30 bits per heavy atom. The van der Waals surface area contributed by atoms with Gasteiger partial charge in [-0.05, 0) is 31.2 Å². The molecule has 0 aromatic carbocycles. The molecule has 0 aliphatic rings. The smallest absolute Gasteiger partial charge is 0.416 e. The number of hydrogen-bond donors (Lipinski definition) is 2. The van der Waals surface area contributed by atoms with Crippen LogP contribution >= 0.6 is 0 Å². The molecular formula is C14H12F3N3O3. The van der Waals surface area contributed by atoms with Gasteiger partial charge < -0.3 is 15.1 Å². The van der Waals surface area contributed by atoms with E-state index in [4.69, 9.17) is 4.42 Å². The summed E-state index contributed by atoms with van der Waals surface area (Å²) < 4.78 is 42.6. The first kappa shape index (κ1) is 16.5. The second-order valence-electron chi connectivity index (χ2n) is 4.59. The Labute approximate surface area is 128 Å². The largest absolute Gasteiger partial charge is 0.459 e. The predicted molar refractivity (Wildman–Crippen MR) is 73.5 cm³/mol. The number of nitrogens with one attached hydrogen (secondary N) is 2. The van der Waals surface area contributed by atoms with Crippen LogP contribution in [0.3, 0.4) is 0 Å². The lowest BCUT2D eigenvalue weighted by Gasteiger charge is -2.14. The number of rotatable bonds is 4. The van der Waals surface area contributed by atoms with Crippen LogP contribution < -0.4 is 10.6 Å². The predicted octanol–water partition coefficient (Wildman–Crippen LogP) is 2.45. The Bertz CT molecular complexity index is 699. The summed E-state index contributed by atoms with van der Waals surface area (Å²) >= 11 is 0. The molecule has 0 spiro atoms. The fourth-order valence-electron chi connectivity index (χ4n) is 1.65. The lowest BCUT2D eigenvalue weighted by molar-refractivity contribution is -0.137. The van der Waals surface area contributed by atoms with E-state index in [2.05, 4.69) is 15.6 Å². The van der Waals surface area contributed by atoms with Crippen molar-refractivity contribution >= 4 is 17.6 Å². The molecule has 122 valence electrons. The molecule has 2 N–H and O–H groups in total. The third-order valence-corrected chi connectivity index (χ3v) is 2.82. The van der Waals surface area contributed by atoms with E-state index in [1.807, 2.05) is 0 Å². The molecule has 0 saturated carbocycles. The van der Waals surface area contributed by atoms with E-state index in [1.54, 1.807) is 0 Å². The van der Waals surface area contributed by atoms with Crippen LogP contribution in [0.15, 0.2) is 41.1 Å². The van der Waals surface area contributed by atoms with E-state index in [9.17, 15) is 22.8 Å². The Hall–Kier alpha value is -2.84. The maximum absolute atomic E-state index is 12.6. The van der Waals surface area contributed by atoms with Crippen molar-refractivity contribution < 1.29 is 27.2 Å². The van der Waals surface area contributed by atoms with Crippen LogP contribution in [0.2, 0.25) is 0 Å². The zero-order valence-electron chi connectivity index (χ0n) is 11.8. The molecule has 2 amide bonds. The number of carbonyl (C=O) groups excluding carboxylic acids is 2. The van der Waals surface area contributed by atoms with Gasteiger partial charge in [0.2, 0.25) is 5.91 Å². The number of aromatic nitrogens is 1. The summed E-state index contributed by atoms with van der Waals surface area (Å²) in [4.78, 5) is 27.3. The van der Waals surface area contributed by atoms with Gasteiger partial charge in [0, 0.05) is 6.20 Å². The SMILES string of the molecule is CC(NC(=O)c1ccco1)C(=O)Nc1cc(C(F)(F)F)ccn1. The van der Waals surface area contributed by atoms with E-state index in [0.29, 0.717) is 6.07 Å². The van der Waals surface area contributed by atoms with Crippen LogP contribution in [0.5, 0.6) is 0 Å². The van der Waals surface area contributed by atoms with E-state index < -0.39 is 29.6 Å². The minimum absolute atomic E-state index is 0.0156. The van der Waals surface area contributed by atoms with Gasteiger partial charge in [0.05, 0.1) is 11.8 Å². The van der Waals surface area contributed by atoms with Crippen LogP contribution in [-0.4, -0.2) is 22.8 Å². The number of nitrogens with zero attached hydrogens (tertiary/aromatic N) is 1. The normalized spacial score (nSPS) is 12.5. The summed E-state index contributed by atoms with van der Waals surface area (Å²) in [6.45, 7) is 1.38. The molecule has 2 aromatic rings. The average molecular weight is 327 g/mol. The molecule has 2 rings (SSSR count). The van der Waals surface area contributed by atoms with Gasteiger partial charge in [-0.15, -0.1) is 0 Å². The van der Waals surface area contributed by atoms with Crippen molar-refractivity contribution in [2.75, 3.05) is 5.32 Å². The monoisotopic (exact) mass is 327 g/mol. The number of halogens is 3. The Kier molecular flexibility index (Phi) is 4.68. The molecular weight excluding hydrogens is 315 g/mol. The van der Waals surface area contributed by atoms with Gasteiger partial charge in [0.15, 0.2) is 5.76 Å². The highest BCUT2D eigenvalue weighted by Gasteiger charge is 2.31. The fraction of sp³-hybridized carbons (Fsp3) is 0.214. The molecule has 0 aliphatic heterocycles. The molecule has 0 radical (unpaired) electrons. The first-order chi connectivity index (χ1) is 10.8. The molecule has 0 aliphatic carbocycles. The minimum Gasteiger partial charge on any atom is -0.459 e. The van der Waals surface area contributed by atoms with Crippen molar-refractivity contribution in [2.24, 2.45) is 0 Å². The lowest BCUT2D eigenvalue weighted by atomic mass is 10.2. The molecule has 0 fully saturated rings. The maximum Gasteiger partial charge on any atom is 0.416 e. The molecule has 6 nitrogen and oxygen atoms in total. The number of alkyl halides is 3. The molecule has 0 saturated heterocycles. The van der Waals surface area contributed by atoms with E-state index in [1.165, 1.54) is 25.3 Å². The Morgan fingerprint density at radius 3 is 2.65 bits per heavy atom. The van der Waals surface area contributed by atoms with Gasteiger partial charge >= 0.3 is 6.18 Å². The summed E-state index contributed by atoms with van der Waals surface area (Å²) in [7, 11) is 0. The standard InChI is InChI=1S/C14H12F3N3O3/c1-8(19-13(22)10-3-2-6-23-10)12(21)20-11-7-9(4-5-18-11)14(15,16)17/h2-8H,1H3,(H,19,22)(H,18,20,21). The summed E-state index contributed by atoms with van der Waals surface area (Å²) in [5, 5.41) is 4.56. The second-order valence-corrected chi connectivity index (χ2v) is 4.59. The van der Waals surface area contributed by atoms with Crippen LogP contribution in [-0.2, 0) is 11.0 Å². The van der Waals surface area contributed by atoms with Gasteiger partial charge in [-0.2, -0.15) is 13.2 Å². The van der Waals surface area contributed by atoms with Crippen molar-refractivity contribution in [2.45, 2.75) is 19.1 Å². The maximum atomic E-state index is 12.6. The number of anilines is 1. The highest BCUT2D eigenvalue weighted by atomic mass is 19.4. The van der Waals surface area contributed by atoms with Crippen LogP contribution in [0.4, 0.5) is 19.0 Å². The average Bonchev–Trinajstić information content (AvgIpc) is 3.00. The van der Waals surface area contributed by atoms with Gasteiger partial charge in [-0.3, -0.25) is 9.59 Å². The molecule has 1 unspecified atom stereocenters. The van der Waals surface area contributed by atoms with E-state index in [-0.39, 0.29) is 11.6 Å². The van der Waals surface area contributed by atoms with Crippen LogP contribution in [0.1, 0.15) is 23.0 Å². The Balaban J connectivity index is 2.00. The summed E-state index contributed by atoms with van der Waals surface area (Å²) in [5.74, 6) is -1.57. The molecule has 1 atom stereocenters. The van der Waals surface area contributed by atoms with Crippen LogP contribution in [0, 0.1) is 0 Å².